The minimum absolute atomic E-state index is 0.0500. The molecule has 5 rings (SSSR count). The quantitative estimate of drug-likeness (QED) is 0.504. The third-order valence-electron chi connectivity index (χ3n) is 6.91. The Morgan fingerprint density at radius 1 is 1.06 bits per heavy atom. The lowest BCUT2D eigenvalue weighted by atomic mass is 9.76. The summed E-state index contributed by atoms with van der Waals surface area (Å²) >= 11 is 12.5. The van der Waals surface area contributed by atoms with E-state index in [0.717, 1.165) is 43.6 Å². The summed E-state index contributed by atoms with van der Waals surface area (Å²) in [6, 6.07) is 9.15. The number of anilines is 1. The predicted molar refractivity (Wildman–Crippen MR) is 125 cm³/mol. The van der Waals surface area contributed by atoms with E-state index in [1.807, 2.05) is 17.0 Å². The molecule has 2 aromatic rings. The number of hydrogen-bond acceptors (Lipinski definition) is 3. The number of fused-ring (bicyclic) bond motifs is 3. The molecule has 1 saturated heterocycles. The number of aromatic hydroxyl groups is 1. The van der Waals surface area contributed by atoms with Crippen LogP contribution in [0.15, 0.2) is 42.5 Å². The molecule has 0 saturated carbocycles. The van der Waals surface area contributed by atoms with Gasteiger partial charge in [-0.05, 0) is 48.9 Å². The fourth-order valence-electron chi connectivity index (χ4n) is 5.37. The van der Waals surface area contributed by atoms with E-state index in [1.54, 1.807) is 12.1 Å². The van der Waals surface area contributed by atoms with Gasteiger partial charge in [-0.2, -0.15) is 0 Å². The average molecular weight is 457 g/mol. The van der Waals surface area contributed by atoms with Crippen LogP contribution in [0.2, 0.25) is 10.0 Å². The molecular formula is C25H26Cl2N2O2. The predicted octanol–water partition coefficient (Wildman–Crippen LogP) is 6.54. The van der Waals surface area contributed by atoms with E-state index in [9.17, 15) is 9.90 Å². The first kappa shape index (κ1) is 20.7. The SMILES string of the molecule is O=C(c1cccc2c1NC(c1cc(Cl)cc(Cl)c1O)C1CC=CC21)N1CCCCCC1. The Morgan fingerprint density at radius 3 is 2.61 bits per heavy atom. The molecule has 2 heterocycles. The number of halogens is 2. The normalized spacial score (nSPS) is 24.8. The van der Waals surface area contributed by atoms with Gasteiger partial charge < -0.3 is 15.3 Å². The van der Waals surface area contributed by atoms with E-state index < -0.39 is 0 Å². The van der Waals surface area contributed by atoms with Crippen LogP contribution in [-0.4, -0.2) is 29.0 Å². The summed E-state index contributed by atoms with van der Waals surface area (Å²) in [6.07, 6.45) is 9.76. The zero-order chi connectivity index (χ0) is 21.5. The summed E-state index contributed by atoms with van der Waals surface area (Å²) in [5.41, 5.74) is 3.39. The number of benzene rings is 2. The molecule has 2 N–H and O–H groups in total. The maximum absolute atomic E-state index is 13.5. The topological polar surface area (TPSA) is 52.6 Å². The third-order valence-corrected chi connectivity index (χ3v) is 7.42. The highest BCUT2D eigenvalue weighted by molar-refractivity contribution is 6.35. The number of hydrogen-bond donors (Lipinski definition) is 2. The monoisotopic (exact) mass is 456 g/mol. The van der Waals surface area contributed by atoms with Gasteiger partial charge in [0.25, 0.3) is 5.91 Å². The van der Waals surface area contributed by atoms with Crippen LogP contribution in [-0.2, 0) is 0 Å². The highest BCUT2D eigenvalue weighted by Crippen LogP contribution is 2.53. The molecule has 4 nitrogen and oxygen atoms in total. The second-order valence-electron chi connectivity index (χ2n) is 8.78. The van der Waals surface area contributed by atoms with E-state index in [2.05, 4.69) is 23.5 Å². The zero-order valence-corrected chi connectivity index (χ0v) is 18.8. The second kappa shape index (κ2) is 8.40. The molecule has 1 fully saturated rings. The molecule has 31 heavy (non-hydrogen) atoms. The van der Waals surface area contributed by atoms with Crippen LogP contribution < -0.4 is 5.32 Å². The molecule has 3 unspecified atom stereocenters. The van der Waals surface area contributed by atoms with E-state index in [0.29, 0.717) is 16.1 Å². The number of phenols is 1. The Labute approximate surface area is 192 Å². The van der Waals surface area contributed by atoms with Crippen LogP contribution in [0.25, 0.3) is 0 Å². The lowest BCUT2D eigenvalue weighted by molar-refractivity contribution is 0.0762. The second-order valence-corrected chi connectivity index (χ2v) is 9.62. The first-order valence-corrected chi connectivity index (χ1v) is 11.8. The number of phenolic OH excluding ortho intramolecular Hbond substituents is 1. The highest BCUT2D eigenvalue weighted by Gasteiger charge is 2.41. The van der Waals surface area contributed by atoms with E-state index in [1.165, 1.54) is 12.8 Å². The van der Waals surface area contributed by atoms with Gasteiger partial charge in [0.1, 0.15) is 5.75 Å². The zero-order valence-electron chi connectivity index (χ0n) is 17.3. The average Bonchev–Trinajstić information content (AvgIpc) is 3.10. The number of likely N-dealkylation sites (tertiary alicyclic amines) is 1. The standard InChI is InChI=1S/C25H26Cl2N2O2/c26-15-13-20(24(30)21(27)14-15)23-18-8-5-7-16(18)17-9-6-10-19(22(17)28-23)25(31)29-11-3-1-2-4-12-29/h5-7,9-10,13-14,16,18,23,28,30H,1-4,8,11-12H2. The number of nitrogens with zero attached hydrogens (tertiary/aromatic N) is 1. The van der Waals surface area contributed by atoms with Gasteiger partial charge in [-0.3, -0.25) is 4.79 Å². The summed E-state index contributed by atoms with van der Waals surface area (Å²) in [5.74, 6) is 0.527. The molecule has 1 amide bonds. The smallest absolute Gasteiger partial charge is 0.255 e. The summed E-state index contributed by atoms with van der Waals surface area (Å²) in [4.78, 5) is 15.5. The van der Waals surface area contributed by atoms with E-state index >= 15 is 0 Å². The number of amides is 1. The van der Waals surface area contributed by atoms with Gasteiger partial charge in [-0.25, -0.2) is 0 Å². The van der Waals surface area contributed by atoms with Crippen molar-refractivity contribution in [3.8, 4) is 5.75 Å². The molecule has 0 radical (unpaired) electrons. The number of allylic oxidation sites excluding steroid dienone is 2. The van der Waals surface area contributed by atoms with E-state index in [4.69, 9.17) is 23.2 Å². The molecular weight excluding hydrogens is 431 g/mol. The Bertz CT molecular complexity index is 1040. The maximum Gasteiger partial charge on any atom is 0.255 e. The van der Waals surface area contributed by atoms with Crippen LogP contribution in [0.5, 0.6) is 5.75 Å². The molecule has 0 bridgehead atoms. The van der Waals surface area contributed by atoms with Gasteiger partial charge in [-0.15, -0.1) is 0 Å². The van der Waals surface area contributed by atoms with Crippen molar-refractivity contribution in [2.75, 3.05) is 18.4 Å². The van der Waals surface area contributed by atoms with Crippen molar-refractivity contribution in [1.82, 2.24) is 4.90 Å². The summed E-state index contributed by atoms with van der Waals surface area (Å²) in [7, 11) is 0. The maximum atomic E-state index is 13.5. The first-order valence-electron chi connectivity index (χ1n) is 11.1. The first-order chi connectivity index (χ1) is 15.0. The minimum Gasteiger partial charge on any atom is -0.506 e. The number of carbonyl (C=O) groups is 1. The van der Waals surface area contributed by atoms with Gasteiger partial charge in [0.15, 0.2) is 0 Å². The molecule has 1 aliphatic carbocycles. The van der Waals surface area contributed by atoms with Crippen LogP contribution >= 0.6 is 23.2 Å². The Hall–Kier alpha value is -2.17. The molecule has 2 aromatic carbocycles. The molecule has 3 aliphatic rings. The van der Waals surface area contributed by atoms with Crippen LogP contribution in [0.3, 0.4) is 0 Å². The van der Waals surface area contributed by atoms with Crippen LogP contribution in [0, 0.1) is 5.92 Å². The number of para-hydroxylation sites is 1. The fraction of sp³-hybridized carbons (Fsp3) is 0.400. The van der Waals surface area contributed by atoms with Gasteiger partial charge in [-0.1, -0.05) is 60.3 Å². The van der Waals surface area contributed by atoms with Gasteiger partial charge in [0.05, 0.1) is 22.3 Å². The van der Waals surface area contributed by atoms with Crippen LogP contribution in [0.1, 0.15) is 65.5 Å². The third kappa shape index (κ3) is 3.70. The number of rotatable bonds is 2. The van der Waals surface area contributed by atoms with E-state index in [-0.39, 0.29) is 34.6 Å². The molecule has 0 spiro atoms. The molecule has 162 valence electrons. The Kier molecular flexibility index (Phi) is 5.61. The summed E-state index contributed by atoms with van der Waals surface area (Å²) in [6.45, 7) is 1.62. The molecule has 6 heteroatoms. The van der Waals surface area contributed by atoms with Gasteiger partial charge >= 0.3 is 0 Å². The Morgan fingerprint density at radius 2 is 1.84 bits per heavy atom. The summed E-state index contributed by atoms with van der Waals surface area (Å²) < 4.78 is 0. The lowest BCUT2D eigenvalue weighted by Gasteiger charge is -2.39. The van der Waals surface area contributed by atoms with Crippen molar-refractivity contribution >= 4 is 34.8 Å². The number of carbonyl (C=O) groups excluding carboxylic acids is 1. The van der Waals surface area contributed by atoms with Crippen molar-refractivity contribution in [2.24, 2.45) is 5.92 Å². The molecule has 2 aliphatic heterocycles. The van der Waals surface area contributed by atoms with Crippen molar-refractivity contribution in [2.45, 2.75) is 44.1 Å². The minimum atomic E-state index is -0.193. The molecule has 3 atom stereocenters. The summed E-state index contributed by atoms with van der Waals surface area (Å²) in [5, 5.41) is 15.1. The fourth-order valence-corrected chi connectivity index (χ4v) is 5.88. The Balaban J connectivity index is 1.58. The van der Waals surface area contributed by atoms with Crippen molar-refractivity contribution < 1.29 is 9.90 Å². The lowest BCUT2D eigenvalue weighted by Crippen LogP contribution is -2.35. The van der Waals surface area contributed by atoms with Gasteiger partial charge in [0.2, 0.25) is 0 Å². The highest BCUT2D eigenvalue weighted by atomic mass is 35.5. The van der Waals surface area contributed by atoms with Crippen LogP contribution in [0.4, 0.5) is 5.69 Å². The number of nitrogens with one attached hydrogen (secondary N) is 1. The van der Waals surface area contributed by atoms with Crippen molar-refractivity contribution in [3.63, 3.8) is 0 Å². The molecule has 0 aromatic heterocycles. The van der Waals surface area contributed by atoms with Crippen molar-refractivity contribution in [3.05, 3.63) is 69.2 Å². The van der Waals surface area contributed by atoms with Gasteiger partial charge in [0, 0.05) is 29.6 Å². The van der Waals surface area contributed by atoms with Crippen molar-refractivity contribution in [1.29, 1.82) is 0 Å². The largest absolute Gasteiger partial charge is 0.506 e.